The fraction of sp³-hybridized carbons (Fsp3) is 0.0385. The Hall–Kier alpha value is -3.63. The zero-order chi connectivity index (χ0) is 18.2. The van der Waals surface area contributed by atoms with E-state index in [2.05, 4.69) is 78.9 Å². The number of nitrogens with zero attached hydrogens (tertiary/aromatic N) is 1. The van der Waals surface area contributed by atoms with Gasteiger partial charge in [0.25, 0.3) is 0 Å². The Balaban J connectivity index is 1.79. The van der Waals surface area contributed by atoms with E-state index < -0.39 is 0 Å². The van der Waals surface area contributed by atoms with Crippen molar-refractivity contribution in [1.82, 2.24) is 0 Å². The molecule has 0 heterocycles. The van der Waals surface area contributed by atoms with Crippen molar-refractivity contribution in [3.05, 3.63) is 119 Å². The lowest BCUT2D eigenvalue weighted by Crippen LogP contribution is -2.04. The minimum atomic E-state index is 0.0721. The predicted molar refractivity (Wildman–Crippen MR) is 111 cm³/mol. The first-order valence-electron chi connectivity index (χ1n) is 9.14. The van der Waals surface area contributed by atoms with E-state index in [4.69, 9.17) is 0 Å². The van der Waals surface area contributed by atoms with Crippen molar-refractivity contribution in [3.8, 4) is 6.07 Å². The molecule has 5 rings (SSSR count). The van der Waals surface area contributed by atoms with Gasteiger partial charge in [-0.1, -0.05) is 91.0 Å². The molecule has 0 fully saturated rings. The molecule has 1 aliphatic rings. The van der Waals surface area contributed by atoms with Gasteiger partial charge in [0.15, 0.2) is 0 Å². The molecular weight excluding hydrogens is 326 g/mol. The highest BCUT2D eigenvalue weighted by atomic mass is 14.3. The fourth-order valence-electron chi connectivity index (χ4n) is 4.19. The summed E-state index contributed by atoms with van der Waals surface area (Å²) >= 11 is 0. The van der Waals surface area contributed by atoms with Gasteiger partial charge < -0.3 is 0 Å². The maximum atomic E-state index is 10.0. The molecule has 0 amide bonds. The van der Waals surface area contributed by atoms with Gasteiger partial charge >= 0.3 is 0 Å². The molecule has 27 heavy (non-hydrogen) atoms. The quantitative estimate of drug-likeness (QED) is 0.413. The van der Waals surface area contributed by atoms with Crippen LogP contribution in [0.2, 0.25) is 0 Å². The molecule has 4 aromatic carbocycles. The van der Waals surface area contributed by atoms with E-state index in [0.29, 0.717) is 0 Å². The van der Waals surface area contributed by atoms with E-state index in [-0.39, 0.29) is 5.92 Å². The van der Waals surface area contributed by atoms with Gasteiger partial charge in [-0.25, -0.2) is 0 Å². The molecule has 126 valence electrons. The van der Waals surface area contributed by atoms with E-state index in [0.717, 1.165) is 21.9 Å². The monoisotopic (exact) mass is 343 g/mol. The number of benzene rings is 4. The topological polar surface area (TPSA) is 23.8 Å². The highest BCUT2D eigenvalue weighted by Gasteiger charge is 2.29. The summed E-state index contributed by atoms with van der Waals surface area (Å²) in [5.41, 5.74) is 6.81. The van der Waals surface area contributed by atoms with E-state index in [1.165, 1.54) is 22.3 Å². The van der Waals surface area contributed by atoms with Crippen molar-refractivity contribution in [2.75, 3.05) is 0 Å². The molecule has 0 saturated heterocycles. The second-order valence-electron chi connectivity index (χ2n) is 6.89. The molecule has 0 saturated carbocycles. The number of allylic oxidation sites excluding steroid dienone is 1. The molecule has 1 heteroatoms. The summed E-state index contributed by atoms with van der Waals surface area (Å²) in [4.78, 5) is 0. The third kappa shape index (κ3) is 2.46. The summed E-state index contributed by atoms with van der Waals surface area (Å²) in [6.45, 7) is 0. The Kier molecular flexibility index (Phi) is 3.62. The number of nitriles is 1. The van der Waals surface area contributed by atoms with Crippen molar-refractivity contribution in [2.24, 2.45) is 0 Å². The Morgan fingerprint density at radius 1 is 0.667 bits per heavy atom. The number of fused-ring (bicyclic) bond motifs is 2. The molecule has 0 aromatic heterocycles. The minimum Gasteiger partial charge on any atom is -0.192 e. The molecule has 0 N–H and O–H groups in total. The zero-order valence-corrected chi connectivity index (χ0v) is 14.8. The average Bonchev–Trinajstić information content (AvgIpc) is 3.13. The summed E-state index contributed by atoms with van der Waals surface area (Å²) in [6.07, 6.45) is 2.27. The third-order valence-electron chi connectivity index (χ3n) is 5.42. The van der Waals surface area contributed by atoms with E-state index in [1.807, 2.05) is 24.3 Å². The van der Waals surface area contributed by atoms with Gasteiger partial charge in [-0.3, -0.25) is 0 Å². The maximum Gasteiger partial charge on any atom is 0.100 e. The number of rotatable bonds is 2. The standard InChI is InChI=1S/C26H17N/c27-17-25-21-12-6-4-10-19(21)14-15-23(25)26-22-13-7-5-11-20(22)16-24(26)18-8-2-1-3-9-18/h1-16,26H. The van der Waals surface area contributed by atoms with E-state index in [1.54, 1.807) is 0 Å². The first-order valence-corrected chi connectivity index (χ1v) is 9.14. The molecular formula is C26H17N. The molecule has 0 spiro atoms. The summed E-state index contributed by atoms with van der Waals surface area (Å²) in [6, 6.07) is 33.9. The fourth-order valence-corrected chi connectivity index (χ4v) is 4.19. The molecule has 1 nitrogen and oxygen atoms in total. The van der Waals surface area contributed by atoms with Crippen molar-refractivity contribution in [2.45, 2.75) is 5.92 Å². The molecule has 1 aliphatic carbocycles. The van der Waals surface area contributed by atoms with Crippen LogP contribution >= 0.6 is 0 Å². The Morgan fingerprint density at radius 3 is 2.26 bits per heavy atom. The molecule has 1 unspecified atom stereocenters. The average molecular weight is 343 g/mol. The first kappa shape index (κ1) is 15.6. The Labute approximate surface area is 158 Å². The van der Waals surface area contributed by atoms with Gasteiger partial charge in [-0.2, -0.15) is 5.26 Å². The maximum absolute atomic E-state index is 10.0. The van der Waals surface area contributed by atoms with Crippen LogP contribution < -0.4 is 0 Å². The SMILES string of the molecule is N#Cc1c(C2C(c3ccccc3)=Cc3ccccc32)ccc2ccccc12. The smallest absolute Gasteiger partial charge is 0.100 e. The zero-order valence-electron chi connectivity index (χ0n) is 14.8. The summed E-state index contributed by atoms with van der Waals surface area (Å²) in [5, 5.41) is 12.1. The summed E-state index contributed by atoms with van der Waals surface area (Å²) in [5.74, 6) is 0.0721. The van der Waals surface area contributed by atoms with Crippen molar-refractivity contribution in [1.29, 1.82) is 5.26 Å². The van der Waals surface area contributed by atoms with Crippen LogP contribution in [0.3, 0.4) is 0 Å². The van der Waals surface area contributed by atoms with Crippen LogP contribution in [0.25, 0.3) is 22.4 Å². The summed E-state index contributed by atoms with van der Waals surface area (Å²) < 4.78 is 0. The lowest BCUT2D eigenvalue weighted by molar-refractivity contribution is 1.06. The van der Waals surface area contributed by atoms with Crippen LogP contribution in [0.4, 0.5) is 0 Å². The van der Waals surface area contributed by atoms with Crippen LogP contribution in [-0.4, -0.2) is 0 Å². The van der Waals surface area contributed by atoms with Gasteiger partial charge in [0.05, 0.1) is 5.56 Å². The third-order valence-corrected chi connectivity index (χ3v) is 5.42. The van der Waals surface area contributed by atoms with Crippen LogP contribution in [0.5, 0.6) is 0 Å². The second-order valence-corrected chi connectivity index (χ2v) is 6.89. The van der Waals surface area contributed by atoms with Gasteiger partial charge in [0.1, 0.15) is 6.07 Å². The molecule has 0 aliphatic heterocycles. The van der Waals surface area contributed by atoms with Crippen LogP contribution in [-0.2, 0) is 0 Å². The molecule has 4 aromatic rings. The van der Waals surface area contributed by atoms with Crippen LogP contribution in [0.1, 0.15) is 33.7 Å². The van der Waals surface area contributed by atoms with E-state index in [9.17, 15) is 5.26 Å². The van der Waals surface area contributed by atoms with Crippen LogP contribution in [0.15, 0.2) is 91.0 Å². The minimum absolute atomic E-state index is 0.0721. The second kappa shape index (κ2) is 6.27. The molecule has 1 atom stereocenters. The Morgan fingerprint density at radius 2 is 1.41 bits per heavy atom. The van der Waals surface area contributed by atoms with Gasteiger partial charge in [0, 0.05) is 5.92 Å². The largest absolute Gasteiger partial charge is 0.192 e. The molecule has 0 bridgehead atoms. The van der Waals surface area contributed by atoms with Gasteiger partial charge in [-0.05, 0) is 44.7 Å². The highest BCUT2D eigenvalue weighted by molar-refractivity contribution is 5.96. The highest BCUT2D eigenvalue weighted by Crippen LogP contribution is 2.47. The number of hydrogen-bond acceptors (Lipinski definition) is 1. The first-order chi connectivity index (χ1) is 13.4. The lowest BCUT2D eigenvalue weighted by Gasteiger charge is -2.20. The van der Waals surface area contributed by atoms with E-state index >= 15 is 0 Å². The van der Waals surface area contributed by atoms with Crippen molar-refractivity contribution < 1.29 is 0 Å². The summed E-state index contributed by atoms with van der Waals surface area (Å²) in [7, 11) is 0. The normalized spacial score (nSPS) is 15.2. The Bertz CT molecular complexity index is 1230. The van der Waals surface area contributed by atoms with Gasteiger partial charge in [0.2, 0.25) is 0 Å². The number of hydrogen-bond donors (Lipinski definition) is 0. The van der Waals surface area contributed by atoms with Crippen molar-refractivity contribution >= 4 is 22.4 Å². The van der Waals surface area contributed by atoms with Crippen molar-refractivity contribution in [3.63, 3.8) is 0 Å². The van der Waals surface area contributed by atoms with Crippen LogP contribution in [0, 0.1) is 11.3 Å². The van der Waals surface area contributed by atoms with Gasteiger partial charge in [-0.15, -0.1) is 0 Å². The predicted octanol–water partition coefficient (Wildman–Crippen LogP) is 6.40. The lowest BCUT2D eigenvalue weighted by atomic mass is 9.82. The molecule has 0 radical (unpaired) electrons.